The first-order chi connectivity index (χ1) is 11.3. The Kier molecular flexibility index (Phi) is 5.38. The summed E-state index contributed by atoms with van der Waals surface area (Å²) >= 11 is 0. The van der Waals surface area contributed by atoms with Gasteiger partial charge in [0.15, 0.2) is 0 Å². The van der Waals surface area contributed by atoms with E-state index in [1.807, 2.05) is 16.8 Å². The molecule has 1 saturated heterocycles. The summed E-state index contributed by atoms with van der Waals surface area (Å²) in [5, 5.41) is 15.3. The quantitative estimate of drug-likeness (QED) is 0.659. The van der Waals surface area contributed by atoms with Crippen molar-refractivity contribution >= 4 is 11.8 Å². The standard InChI is InChI=1S/C15H22N6O2/c22-7-4-18-15-19-13(12-1-8-23-10-12)9-14(20-15)17-3-6-21-5-2-16-11-21/h2,5,9,11-12,22H,1,3-4,6-8,10H2,(H2,17,18,19,20)/t12-/m0/s1. The number of hydrogen-bond acceptors (Lipinski definition) is 7. The van der Waals surface area contributed by atoms with E-state index in [1.165, 1.54) is 0 Å². The van der Waals surface area contributed by atoms with Crippen molar-refractivity contribution in [3.63, 3.8) is 0 Å². The zero-order chi connectivity index (χ0) is 15.9. The van der Waals surface area contributed by atoms with Gasteiger partial charge in [0.05, 0.1) is 25.2 Å². The lowest BCUT2D eigenvalue weighted by Crippen LogP contribution is -2.15. The SMILES string of the molecule is OCCNc1nc(NCCn2ccnc2)cc([C@H]2CCOC2)n1. The van der Waals surface area contributed by atoms with Crippen LogP contribution in [-0.4, -0.2) is 57.5 Å². The highest BCUT2D eigenvalue weighted by Gasteiger charge is 2.20. The van der Waals surface area contributed by atoms with E-state index >= 15 is 0 Å². The molecule has 2 aromatic rings. The van der Waals surface area contributed by atoms with Crippen LogP contribution in [0.3, 0.4) is 0 Å². The Morgan fingerprint density at radius 1 is 1.30 bits per heavy atom. The molecule has 1 fully saturated rings. The van der Waals surface area contributed by atoms with Crippen molar-refractivity contribution in [2.24, 2.45) is 0 Å². The summed E-state index contributed by atoms with van der Waals surface area (Å²) in [4.78, 5) is 13.0. The van der Waals surface area contributed by atoms with Gasteiger partial charge in [-0.05, 0) is 6.42 Å². The Hall–Kier alpha value is -2.19. The highest BCUT2D eigenvalue weighted by molar-refractivity contribution is 5.43. The van der Waals surface area contributed by atoms with E-state index in [2.05, 4.69) is 25.6 Å². The van der Waals surface area contributed by atoms with Gasteiger partial charge in [-0.3, -0.25) is 0 Å². The molecule has 3 heterocycles. The molecule has 0 unspecified atom stereocenters. The molecule has 1 aliphatic heterocycles. The summed E-state index contributed by atoms with van der Waals surface area (Å²) in [6.45, 7) is 3.50. The lowest BCUT2D eigenvalue weighted by atomic mass is 10.0. The van der Waals surface area contributed by atoms with Gasteiger partial charge < -0.3 is 25.0 Å². The minimum Gasteiger partial charge on any atom is -0.395 e. The third kappa shape index (κ3) is 4.40. The number of nitrogens with one attached hydrogen (secondary N) is 2. The van der Waals surface area contributed by atoms with Crippen LogP contribution in [0.25, 0.3) is 0 Å². The zero-order valence-corrected chi connectivity index (χ0v) is 13.0. The Bertz CT molecular complexity index is 598. The average molecular weight is 318 g/mol. The predicted octanol–water partition coefficient (Wildman–Crippen LogP) is 0.693. The second kappa shape index (κ2) is 7.89. The highest BCUT2D eigenvalue weighted by Crippen LogP contribution is 2.25. The smallest absolute Gasteiger partial charge is 0.224 e. The number of rotatable bonds is 8. The molecule has 0 aliphatic carbocycles. The third-order valence-corrected chi connectivity index (χ3v) is 3.72. The van der Waals surface area contributed by atoms with Gasteiger partial charge in [-0.2, -0.15) is 4.98 Å². The fraction of sp³-hybridized carbons (Fsp3) is 0.533. The Morgan fingerprint density at radius 3 is 3.00 bits per heavy atom. The van der Waals surface area contributed by atoms with Gasteiger partial charge in [-0.25, -0.2) is 9.97 Å². The van der Waals surface area contributed by atoms with E-state index in [0.717, 1.165) is 37.6 Å². The van der Waals surface area contributed by atoms with Gasteiger partial charge in [-0.1, -0.05) is 0 Å². The van der Waals surface area contributed by atoms with Crippen LogP contribution in [0, 0.1) is 0 Å². The van der Waals surface area contributed by atoms with E-state index in [9.17, 15) is 0 Å². The van der Waals surface area contributed by atoms with Crippen LogP contribution in [0.15, 0.2) is 24.8 Å². The van der Waals surface area contributed by atoms with E-state index < -0.39 is 0 Å². The van der Waals surface area contributed by atoms with Crippen LogP contribution in [-0.2, 0) is 11.3 Å². The first kappa shape index (κ1) is 15.7. The molecule has 3 rings (SSSR count). The largest absolute Gasteiger partial charge is 0.395 e. The number of aromatic nitrogens is 4. The number of aliphatic hydroxyl groups is 1. The van der Waals surface area contributed by atoms with Crippen LogP contribution in [0.5, 0.6) is 0 Å². The van der Waals surface area contributed by atoms with E-state index in [1.54, 1.807) is 12.5 Å². The first-order valence-electron chi connectivity index (χ1n) is 7.86. The van der Waals surface area contributed by atoms with Crippen molar-refractivity contribution in [2.45, 2.75) is 18.9 Å². The minimum absolute atomic E-state index is 0.0452. The molecule has 0 saturated carbocycles. The molecule has 0 aromatic carbocycles. The van der Waals surface area contributed by atoms with Gasteiger partial charge in [0, 0.05) is 50.6 Å². The molecular weight excluding hydrogens is 296 g/mol. The van der Waals surface area contributed by atoms with Crippen LogP contribution < -0.4 is 10.6 Å². The fourth-order valence-corrected chi connectivity index (χ4v) is 2.51. The normalized spacial score (nSPS) is 17.3. The third-order valence-electron chi connectivity index (χ3n) is 3.72. The van der Waals surface area contributed by atoms with Gasteiger partial charge in [0.1, 0.15) is 5.82 Å². The Balaban J connectivity index is 1.67. The summed E-state index contributed by atoms with van der Waals surface area (Å²) < 4.78 is 7.46. The number of anilines is 2. The maximum Gasteiger partial charge on any atom is 0.224 e. The minimum atomic E-state index is 0.0452. The summed E-state index contributed by atoms with van der Waals surface area (Å²) in [5.41, 5.74) is 0.975. The highest BCUT2D eigenvalue weighted by atomic mass is 16.5. The molecule has 0 spiro atoms. The number of ether oxygens (including phenoxy) is 1. The van der Waals surface area contributed by atoms with Gasteiger partial charge >= 0.3 is 0 Å². The van der Waals surface area contributed by atoms with E-state index in [4.69, 9.17) is 9.84 Å². The van der Waals surface area contributed by atoms with E-state index in [-0.39, 0.29) is 6.61 Å². The molecule has 23 heavy (non-hydrogen) atoms. The molecule has 1 aliphatic rings. The predicted molar refractivity (Wildman–Crippen MR) is 86.5 cm³/mol. The molecule has 0 amide bonds. The number of imidazole rings is 1. The number of hydrogen-bond donors (Lipinski definition) is 3. The van der Waals surface area contributed by atoms with Crippen LogP contribution >= 0.6 is 0 Å². The molecular formula is C15H22N6O2. The number of aliphatic hydroxyl groups excluding tert-OH is 1. The summed E-state index contributed by atoms with van der Waals surface area (Å²) in [5.74, 6) is 1.62. The first-order valence-corrected chi connectivity index (χ1v) is 7.86. The summed E-state index contributed by atoms with van der Waals surface area (Å²) in [6.07, 6.45) is 6.46. The second-order valence-electron chi connectivity index (χ2n) is 5.44. The monoisotopic (exact) mass is 318 g/mol. The van der Waals surface area contributed by atoms with Gasteiger partial charge in [0.2, 0.25) is 5.95 Å². The lowest BCUT2D eigenvalue weighted by Gasteiger charge is -2.13. The van der Waals surface area contributed by atoms with Crippen molar-refractivity contribution < 1.29 is 9.84 Å². The van der Waals surface area contributed by atoms with Crippen molar-refractivity contribution in [2.75, 3.05) is 43.5 Å². The van der Waals surface area contributed by atoms with Gasteiger partial charge in [-0.15, -0.1) is 0 Å². The molecule has 124 valence electrons. The van der Waals surface area contributed by atoms with Crippen molar-refractivity contribution in [1.82, 2.24) is 19.5 Å². The maximum absolute atomic E-state index is 8.96. The van der Waals surface area contributed by atoms with E-state index in [0.29, 0.717) is 25.0 Å². The van der Waals surface area contributed by atoms with Gasteiger partial charge in [0.25, 0.3) is 0 Å². The average Bonchev–Trinajstić information content (AvgIpc) is 3.26. The van der Waals surface area contributed by atoms with Crippen LogP contribution in [0.2, 0.25) is 0 Å². The Morgan fingerprint density at radius 2 is 2.26 bits per heavy atom. The second-order valence-corrected chi connectivity index (χ2v) is 5.44. The molecule has 0 bridgehead atoms. The number of nitrogens with zero attached hydrogens (tertiary/aromatic N) is 4. The molecule has 2 aromatic heterocycles. The molecule has 8 nitrogen and oxygen atoms in total. The van der Waals surface area contributed by atoms with Crippen LogP contribution in [0.4, 0.5) is 11.8 Å². The van der Waals surface area contributed by atoms with Crippen LogP contribution in [0.1, 0.15) is 18.0 Å². The lowest BCUT2D eigenvalue weighted by molar-refractivity contribution is 0.193. The van der Waals surface area contributed by atoms with Crippen molar-refractivity contribution in [3.05, 3.63) is 30.5 Å². The molecule has 8 heteroatoms. The molecule has 3 N–H and O–H groups in total. The summed E-state index contributed by atoms with van der Waals surface area (Å²) in [6, 6.07) is 1.98. The zero-order valence-electron chi connectivity index (χ0n) is 13.0. The summed E-state index contributed by atoms with van der Waals surface area (Å²) in [7, 11) is 0. The molecule has 1 atom stereocenters. The Labute approximate surface area is 134 Å². The fourth-order valence-electron chi connectivity index (χ4n) is 2.51. The van der Waals surface area contributed by atoms with Crippen molar-refractivity contribution in [1.29, 1.82) is 0 Å². The maximum atomic E-state index is 8.96. The molecule has 0 radical (unpaired) electrons. The van der Waals surface area contributed by atoms with Crippen molar-refractivity contribution in [3.8, 4) is 0 Å². The topological polar surface area (TPSA) is 97.1 Å².